The van der Waals surface area contributed by atoms with E-state index in [4.69, 9.17) is 14.3 Å². The van der Waals surface area contributed by atoms with Gasteiger partial charge in [-0.3, -0.25) is 9.59 Å². The van der Waals surface area contributed by atoms with Gasteiger partial charge in [0.05, 0.1) is 11.7 Å². The van der Waals surface area contributed by atoms with Crippen molar-refractivity contribution in [1.82, 2.24) is 25.3 Å². The number of anilines is 1. The van der Waals surface area contributed by atoms with Crippen LogP contribution in [0.3, 0.4) is 0 Å². The molecule has 11 heteroatoms. The van der Waals surface area contributed by atoms with Crippen molar-refractivity contribution >= 4 is 28.7 Å². The second-order valence-corrected chi connectivity index (χ2v) is 10.7. The number of aromatic nitrogens is 3. The van der Waals surface area contributed by atoms with E-state index in [-0.39, 0.29) is 11.7 Å². The molecule has 0 aliphatic carbocycles. The first-order valence-electron chi connectivity index (χ1n) is 14.0. The van der Waals surface area contributed by atoms with E-state index < -0.39 is 24.3 Å². The predicted molar refractivity (Wildman–Crippen MR) is 149 cm³/mol. The zero-order valence-corrected chi connectivity index (χ0v) is 23.3. The van der Waals surface area contributed by atoms with Gasteiger partial charge in [-0.2, -0.15) is 0 Å². The molecular formula is C29H38N6O5. The number of fused-ring (bicyclic) bond motifs is 1. The number of nitrogens with zero attached hydrogens (tertiary/aromatic N) is 4. The average molecular weight is 551 g/mol. The van der Waals surface area contributed by atoms with Gasteiger partial charge in [-0.1, -0.05) is 18.2 Å². The Labute approximate surface area is 234 Å². The molecule has 11 nitrogen and oxygen atoms in total. The molecule has 2 N–H and O–H groups in total. The first-order chi connectivity index (χ1) is 19.4. The number of hydroxylamine groups is 1. The number of piperidine rings is 1. The topological polar surface area (TPSA) is 120 Å². The van der Waals surface area contributed by atoms with Crippen molar-refractivity contribution in [1.29, 1.82) is 0 Å². The van der Waals surface area contributed by atoms with Crippen molar-refractivity contribution in [3.63, 3.8) is 0 Å². The second-order valence-electron chi connectivity index (χ2n) is 10.7. The molecule has 3 aromatic rings. The Hall–Kier alpha value is -3.54. The van der Waals surface area contributed by atoms with Crippen molar-refractivity contribution in [2.24, 2.45) is 13.0 Å². The van der Waals surface area contributed by atoms with E-state index in [0.717, 1.165) is 45.4 Å². The molecule has 4 heterocycles. The lowest BCUT2D eigenvalue weighted by Crippen LogP contribution is -2.45. The number of benzene rings is 1. The van der Waals surface area contributed by atoms with Crippen LogP contribution in [0.5, 0.6) is 0 Å². The van der Waals surface area contributed by atoms with E-state index in [1.165, 1.54) is 35.8 Å². The van der Waals surface area contributed by atoms with E-state index in [9.17, 15) is 9.59 Å². The summed E-state index contributed by atoms with van der Waals surface area (Å²) < 4.78 is 13.1. The van der Waals surface area contributed by atoms with E-state index in [0.29, 0.717) is 18.3 Å². The van der Waals surface area contributed by atoms with Gasteiger partial charge in [-0.15, -0.1) is 0 Å². The van der Waals surface area contributed by atoms with Crippen LogP contribution in [0.4, 0.5) is 5.95 Å². The standard InChI is InChI=1S/C29H38N6O5/c1-19-8-9-26(39-20(2)36)28(38-19)40-33-27(37)22-16-31-29(32-17-22)35-12-10-21(11-13-35)14-30-15-23-18-34(3)25-7-5-4-6-24(23)25/h4-7,16-19,21,26,28,30H,8-15H2,1-3H3,(H,33,37)/t19-,26-,28-/m0/s1. The highest BCUT2D eigenvalue weighted by Gasteiger charge is 2.33. The Morgan fingerprint density at radius 1 is 1.10 bits per heavy atom. The molecule has 0 unspecified atom stereocenters. The molecule has 2 saturated heterocycles. The van der Waals surface area contributed by atoms with Gasteiger partial charge in [-0.05, 0) is 56.7 Å². The number of hydrogen-bond acceptors (Lipinski definition) is 9. The highest BCUT2D eigenvalue weighted by molar-refractivity contribution is 5.92. The Bertz CT molecular complexity index is 1300. The number of para-hydroxylation sites is 1. The number of nitrogens with one attached hydrogen (secondary N) is 2. The van der Waals surface area contributed by atoms with Gasteiger partial charge in [-0.25, -0.2) is 20.3 Å². The number of carbonyl (C=O) groups is 2. The molecule has 2 aliphatic heterocycles. The molecule has 1 aromatic carbocycles. The number of carbonyl (C=O) groups excluding carboxylic acids is 2. The minimum absolute atomic E-state index is 0.0690. The van der Waals surface area contributed by atoms with Crippen molar-refractivity contribution in [3.05, 3.63) is 54.0 Å². The molecule has 1 amide bonds. The molecule has 40 heavy (non-hydrogen) atoms. The molecule has 0 radical (unpaired) electrons. The fraction of sp³-hybridized carbons (Fsp3) is 0.517. The third kappa shape index (κ3) is 6.78. The number of hydrogen-bond donors (Lipinski definition) is 2. The Morgan fingerprint density at radius 3 is 2.60 bits per heavy atom. The lowest BCUT2D eigenvalue weighted by Gasteiger charge is -2.33. The summed E-state index contributed by atoms with van der Waals surface area (Å²) in [7, 11) is 2.09. The summed E-state index contributed by atoms with van der Waals surface area (Å²) in [5.41, 5.74) is 5.23. The quantitative estimate of drug-likeness (QED) is 0.306. The molecule has 0 spiro atoms. The molecular weight excluding hydrogens is 512 g/mol. The van der Waals surface area contributed by atoms with Gasteiger partial charge in [0, 0.05) is 63.1 Å². The highest BCUT2D eigenvalue weighted by Crippen LogP contribution is 2.24. The summed E-state index contributed by atoms with van der Waals surface area (Å²) in [4.78, 5) is 40.4. The van der Waals surface area contributed by atoms with Gasteiger partial charge < -0.3 is 24.3 Å². The molecule has 0 saturated carbocycles. The van der Waals surface area contributed by atoms with Crippen LogP contribution < -0.4 is 15.7 Å². The molecule has 214 valence electrons. The molecule has 2 aliphatic rings. The van der Waals surface area contributed by atoms with E-state index in [1.54, 1.807) is 0 Å². The molecule has 0 bridgehead atoms. The maximum Gasteiger partial charge on any atom is 0.303 e. The third-order valence-corrected chi connectivity index (χ3v) is 7.64. The van der Waals surface area contributed by atoms with E-state index in [1.807, 2.05) is 6.92 Å². The molecule has 3 atom stereocenters. The van der Waals surface area contributed by atoms with Crippen LogP contribution in [0.1, 0.15) is 55.5 Å². The Kier molecular flexibility index (Phi) is 8.93. The minimum atomic E-state index is -0.875. The number of ether oxygens (including phenoxy) is 2. The van der Waals surface area contributed by atoms with Crippen LogP contribution in [-0.4, -0.2) is 64.5 Å². The summed E-state index contributed by atoms with van der Waals surface area (Å²) in [6.45, 7) is 6.79. The van der Waals surface area contributed by atoms with Gasteiger partial charge in [0.1, 0.15) is 0 Å². The van der Waals surface area contributed by atoms with Gasteiger partial charge in [0.25, 0.3) is 5.91 Å². The third-order valence-electron chi connectivity index (χ3n) is 7.64. The number of amides is 1. The van der Waals surface area contributed by atoms with Crippen LogP contribution in [0.25, 0.3) is 10.9 Å². The lowest BCUT2D eigenvalue weighted by molar-refractivity contribution is -0.258. The summed E-state index contributed by atoms with van der Waals surface area (Å²) in [5, 5.41) is 4.95. The monoisotopic (exact) mass is 550 g/mol. The van der Waals surface area contributed by atoms with Crippen molar-refractivity contribution in [2.75, 3.05) is 24.5 Å². The van der Waals surface area contributed by atoms with Crippen molar-refractivity contribution < 1.29 is 23.9 Å². The van der Waals surface area contributed by atoms with Gasteiger partial charge in [0.15, 0.2) is 6.10 Å². The first-order valence-corrected chi connectivity index (χ1v) is 14.0. The predicted octanol–water partition coefficient (Wildman–Crippen LogP) is 3.09. The van der Waals surface area contributed by atoms with E-state index in [2.05, 4.69) is 67.7 Å². The molecule has 2 fully saturated rings. The van der Waals surface area contributed by atoms with Gasteiger partial charge in [0.2, 0.25) is 12.2 Å². The zero-order valence-electron chi connectivity index (χ0n) is 23.3. The van der Waals surface area contributed by atoms with Crippen molar-refractivity contribution in [3.8, 4) is 0 Å². The average Bonchev–Trinajstić information content (AvgIpc) is 3.28. The highest BCUT2D eigenvalue weighted by atomic mass is 16.8. The fourth-order valence-electron chi connectivity index (χ4n) is 5.44. The normalized spacial score (nSPS) is 21.9. The van der Waals surface area contributed by atoms with E-state index >= 15 is 0 Å². The molecule has 5 rings (SSSR count). The van der Waals surface area contributed by atoms with Crippen LogP contribution in [0.2, 0.25) is 0 Å². The summed E-state index contributed by atoms with van der Waals surface area (Å²) >= 11 is 0. The van der Waals surface area contributed by atoms with Crippen LogP contribution in [0.15, 0.2) is 42.9 Å². The fourth-order valence-corrected chi connectivity index (χ4v) is 5.44. The summed E-state index contributed by atoms with van der Waals surface area (Å²) in [6, 6.07) is 8.49. The summed E-state index contributed by atoms with van der Waals surface area (Å²) in [5.74, 6) is 0.284. The summed E-state index contributed by atoms with van der Waals surface area (Å²) in [6.07, 6.45) is 7.09. The van der Waals surface area contributed by atoms with Crippen molar-refractivity contribution in [2.45, 2.75) is 64.6 Å². The largest absolute Gasteiger partial charge is 0.457 e. The maximum atomic E-state index is 12.6. The lowest BCUT2D eigenvalue weighted by atomic mass is 9.97. The molecule has 2 aromatic heterocycles. The minimum Gasteiger partial charge on any atom is -0.457 e. The Morgan fingerprint density at radius 2 is 1.85 bits per heavy atom. The number of esters is 1. The number of rotatable bonds is 9. The first kappa shape index (κ1) is 28.0. The smallest absolute Gasteiger partial charge is 0.303 e. The second kappa shape index (κ2) is 12.8. The van der Waals surface area contributed by atoms with Crippen LogP contribution >= 0.6 is 0 Å². The maximum absolute atomic E-state index is 12.6. The SMILES string of the molecule is CC(=O)O[C@H]1CC[C@H](C)O[C@H]1ONC(=O)c1cnc(N2CCC(CNCc3cn(C)c4ccccc34)CC2)nc1. The van der Waals surface area contributed by atoms with Crippen LogP contribution in [0, 0.1) is 5.92 Å². The number of aryl methyl sites for hydroxylation is 1. The van der Waals surface area contributed by atoms with Crippen LogP contribution in [-0.2, 0) is 32.7 Å². The van der Waals surface area contributed by atoms with Gasteiger partial charge >= 0.3 is 5.97 Å². The Balaban J connectivity index is 1.06. The zero-order chi connectivity index (χ0) is 28.1.